The predicted molar refractivity (Wildman–Crippen MR) is 123 cm³/mol. The zero-order valence-corrected chi connectivity index (χ0v) is 18.6. The van der Waals surface area contributed by atoms with Gasteiger partial charge in [0.05, 0.1) is 12.7 Å². The first-order valence-corrected chi connectivity index (χ1v) is 10.7. The molecule has 0 aliphatic carbocycles. The lowest BCUT2D eigenvalue weighted by Gasteiger charge is -2.33. The maximum atomic E-state index is 13.0. The van der Waals surface area contributed by atoms with Crippen LogP contribution in [0.4, 0.5) is 18.9 Å². The van der Waals surface area contributed by atoms with E-state index in [-0.39, 0.29) is 5.91 Å². The number of likely N-dealkylation sites (N-methyl/N-ethyl adjacent to an activating group) is 1. The van der Waals surface area contributed by atoms with E-state index in [2.05, 4.69) is 5.32 Å². The number of hydrogen-bond donors (Lipinski definition) is 1. The first-order chi connectivity index (χ1) is 15.8. The molecule has 3 rings (SSSR count). The van der Waals surface area contributed by atoms with Gasteiger partial charge >= 0.3 is 6.18 Å². The highest BCUT2D eigenvalue weighted by atomic mass is 19.4. The molecular weight excluding hydrogens is 429 g/mol. The van der Waals surface area contributed by atoms with Crippen molar-refractivity contribution in [2.24, 2.45) is 0 Å². The van der Waals surface area contributed by atoms with Crippen LogP contribution >= 0.6 is 0 Å². The fourth-order valence-corrected chi connectivity index (χ4v) is 3.76. The SMILES string of the molecule is CNC(=O)[C@H](c1ccccc1)N(CCCc1ccc(C(F)(F)F)cc1)c1cccc(OC)c1. The Balaban J connectivity index is 1.86. The minimum Gasteiger partial charge on any atom is -0.497 e. The number of aryl methyl sites for hydroxylation is 1. The normalized spacial score (nSPS) is 12.2. The van der Waals surface area contributed by atoms with Crippen LogP contribution in [-0.4, -0.2) is 26.6 Å². The summed E-state index contributed by atoms with van der Waals surface area (Å²) in [5.74, 6) is 0.516. The molecule has 1 N–H and O–H groups in total. The third-order valence-electron chi connectivity index (χ3n) is 5.45. The first-order valence-electron chi connectivity index (χ1n) is 10.7. The highest BCUT2D eigenvalue weighted by molar-refractivity contribution is 5.86. The average molecular weight is 457 g/mol. The second kappa shape index (κ2) is 10.9. The number of nitrogens with one attached hydrogen (secondary N) is 1. The van der Waals surface area contributed by atoms with E-state index in [0.717, 1.165) is 28.9 Å². The lowest BCUT2D eigenvalue weighted by atomic mass is 10.0. The number of ether oxygens (including phenoxy) is 1. The molecule has 174 valence electrons. The van der Waals surface area contributed by atoms with Crippen LogP contribution in [0.1, 0.15) is 29.2 Å². The quantitative estimate of drug-likeness (QED) is 0.453. The Bertz CT molecular complexity index is 1040. The molecule has 0 aliphatic heterocycles. The maximum absolute atomic E-state index is 13.0. The number of alkyl halides is 3. The van der Waals surface area contributed by atoms with E-state index in [1.54, 1.807) is 14.2 Å². The van der Waals surface area contributed by atoms with Crippen LogP contribution in [0.25, 0.3) is 0 Å². The van der Waals surface area contributed by atoms with Crippen molar-refractivity contribution in [3.63, 3.8) is 0 Å². The van der Waals surface area contributed by atoms with Gasteiger partial charge < -0.3 is 15.0 Å². The fraction of sp³-hybridized carbons (Fsp3) is 0.269. The van der Waals surface area contributed by atoms with E-state index in [4.69, 9.17) is 4.74 Å². The second-order valence-corrected chi connectivity index (χ2v) is 7.62. The fourth-order valence-electron chi connectivity index (χ4n) is 3.76. The van der Waals surface area contributed by atoms with Gasteiger partial charge in [-0.15, -0.1) is 0 Å². The van der Waals surface area contributed by atoms with Gasteiger partial charge in [0.15, 0.2) is 0 Å². The number of carbonyl (C=O) groups is 1. The number of nitrogens with zero attached hydrogens (tertiary/aromatic N) is 1. The van der Waals surface area contributed by atoms with Crippen LogP contribution in [0.3, 0.4) is 0 Å². The first kappa shape index (κ1) is 24.2. The number of methoxy groups -OCH3 is 1. The molecule has 0 radical (unpaired) electrons. The molecule has 0 heterocycles. The van der Waals surface area contributed by atoms with E-state index < -0.39 is 17.8 Å². The smallest absolute Gasteiger partial charge is 0.416 e. The van der Waals surface area contributed by atoms with Crippen molar-refractivity contribution in [3.8, 4) is 5.75 Å². The van der Waals surface area contributed by atoms with Crippen molar-refractivity contribution in [1.82, 2.24) is 5.32 Å². The van der Waals surface area contributed by atoms with Gasteiger partial charge in [0.1, 0.15) is 11.8 Å². The van der Waals surface area contributed by atoms with Gasteiger partial charge in [-0.3, -0.25) is 4.79 Å². The molecule has 0 aliphatic rings. The van der Waals surface area contributed by atoms with Crippen LogP contribution in [0, 0.1) is 0 Å². The molecule has 0 aromatic heterocycles. The highest BCUT2D eigenvalue weighted by Crippen LogP contribution is 2.31. The topological polar surface area (TPSA) is 41.6 Å². The van der Waals surface area contributed by atoms with Crippen LogP contribution in [0.5, 0.6) is 5.75 Å². The lowest BCUT2D eigenvalue weighted by molar-refractivity contribution is -0.137. The highest BCUT2D eigenvalue weighted by Gasteiger charge is 2.30. The number of amides is 1. The molecule has 0 fully saturated rings. The van der Waals surface area contributed by atoms with Gasteiger partial charge in [0.2, 0.25) is 5.91 Å². The summed E-state index contributed by atoms with van der Waals surface area (Å²) in [6.45, 7) is 0.515. The predicted octanol–water partition coefficient (Wildman–Crippen LogP) is 5.64. The summed E-state index contributed by atoms with van der Waals surface area (Å²) in [7, 11) is 3.19. The Morgan fingerprint density at radius 1 is 1.00 bits per heavy atom. The summed E-state index contributed by atoms with van der Waals surface area (Å²) in [6.07, 6.45) is -3.13. The Morgan fingerprint density at radius 3 is 2.30 bits per heavy atom. The van der Waals surface area contributed by atoms with Crippen molar-refractivity contribution >= 4 is 11.6 Å². The lowest BCUT2D eigenvalue weighted by Crippen LogP contribution is -2.40. The van der Waals surface area contributed by atoms with E-state index in [1.165, 1.54) is 12.1 Å². The van der Waals surface area contributed by atoms with E-state index >= 15 is 0 Å². The summed E-state index contributed by atoms with van der Waals surface area (Å²) >= 11 is 0. The van der Waals surface area contributed by atoms with Gasteiger partial charge in [-0.1, -0.05) is 48.5 Å². The number of carbonyl (C=O) groups excluding carboxylic acids is 1. The minimum absolute atomic E-state index is 0.154. The average Bonchev–Trinajstić information content (AvgIpc) is 2.83. The van der Waals surface area contributed by atoms with Crippen LogP contribution in [0.15, 0.2) is 78.9 Å². The van der Waals surface area contributed by atoms with Gasteiger partial charge in [0, 0.05) is 25.3 Å². The summed E-state index contributed by atoms with van der Waals surface area (Å²) in [6, 6.07) is 21.6. The minimum atomic E-state index is -4.35. The largest absolute Gasteiger partial charge is 0.497 e. The van der Waals surface area contributed by atoms with Gasteiger partial charge in [0.25, 0.3) is 0 Å². The molecule has 0 saturated carbocycles. The van der Waals surface area contributed by atoms with Gasteiger partial charge in [-0.2, -0.15) is 13.2 Å². The summed E-state index contributed by atoms with van der Waals surface area (Å²) in [4.78, 5) is 15.0. The Kier molecular flexibility index (Phi) is 7.98. The zero-order chi connectivity index (χ0) is 23.8. The number of anilines is 1. The van der Waals surface area contributed by atoms with Crippen molar-refractivity contribution < 1.29 is 22.7 Å². The zero-order valence-electron chi connectivity index (χ0n) is 18.6. The van der Waals surface area contributed by atoms with Crippen LogP contribution in [0.2, 0.25) is 0 Å². The Labute approximate surface area is 192 Å². The van der Waals surface area contributed by atoms with Crippen molar-refractivity contribution in [1.29, 1.82) is 0 Å². The van der Waals surface area contributed by atoms with Crippen molar-refractivity contribution in [2.75, 3.05) is 25.6 Å². The van der Waals surface area contributed by atoms with E-state index in [9.17, 15) is 18.0 Å². The van der Waals surface area contributed by atoms with Crippen molar-refractivity contribution in [2.45, 2.75) is 25.1 Å². The molecule has 1 amide bonds. The van der Waals surface area contributed by atoms with Crippen LogP contribution in [-0.2, 0) is 17.4 Å². The van der Waals surface area contributed by atoms with E-state index in [1.807, 2.05) is 59.5 Å². The summed E-state index contributed by atoms with van der Waals surface area (Å²) < 4.78 is 43.9. The number of hydrogen-bond acceptors (Lipinski definition) is 3. The van der Waals surface area contributed by atoms with Gasteiger partial charge in [-0.05, 0) is 48.2 Å². The number of benzene rings is 3. The monoisotopic (exact) mass is 456 g/mol. The molecule has 7 heteroatoms. The molecule has 33 heavy (non-hydrogen) atoms. The molecule has 0 saturated heterocycles. The summed E-state index contributed by atoms with van der Waals surface area (Å²) in [5, 5.41) is 2.75. The molecule has 0 bridgehead atoms. The molecule has 4 nitrogen and oxygen atoms in total. The molecule has 1 atom stereocenters. The maximum Gasteiger partial charge on any atom is 0.416 e. The van der Waals surface area contributed by atoms with Crippen LogP contribution < -0.4 is 15.0 Å². The van der Waals surface area contributed by atoms with E-state index in [0.29, 0.717) is 25.1 Å². The molecule has 0 spiro atoms. The third-order valence-corrected chi connectivity index (χ3v) is 5.45. The third kappa shape index (κ3) is 6.28. The molecular formula is C26H27F3N2O2. The molecule has 0 unspecified atom stereocenters. The number of rotatable bonds is 9. The Morgan fingerprint density at radius 2 is 1.70 bits per heavy atom. The molecule has 3 aromatic rings. The van der Waals surface area contributed by atoms with Crippen molar-refractivity contribution in [3.05, 3.63) is 95.6 Å². The van der Waals surface area contributed by atoms with Gasteiger partial charge in [-0.25, -0.2) is 0 Å². The standard InChI is InChI=1S/C26H27F3N2O2/c1-30-25(32)24(20-9-4-3-5-10-20)31(22-11-6-12-23(18-22)33-2)17-7-8-19-13-15-21(16-14-19)26(27,28)29/h3-6,9-16,18,24H,7-8,17H2,1-2H3,(H,30,32)/t24-/m0/s1. The summed E-state index contributed by atoms with van der Waals surface area (Å²) in [5.41, 5.74) is 1.81. The Hall–Kier alpha value is -3.48. The molecule has 3 aromatic carbocycles. The number of halogens is 3. The second-order valence-electron chi connectivity index (χ2n) is 7.62.